The fourth-order valence-electron chi connectivity index (χ4n) is 2.02. The number of phenolic OH excluding ortho intramolecular Hbond substituents is 1. The number of aromatic hydroxyl groups is 1. The summed E-state index contributed by atoms with van der Waals surface area (Å²) in [5.74, 6) is 1.15. The van der Waals surface area contributed by atoms with Crippen LogP contribution in [0.15, 0.2) is 48.8 Å². The largest absolute Gasteiger partial charge is 0.508 e. The maximum absolute atomic E-state index is 9.77. The fourth-order valence-corrected chi connectivity index (χ4v) is 2.02. The van der Waals surface area contributed by atoms with Gasteiger partial charge >= 0.3 is 0 Å². The Morgan fingerprint density at radius 2 is 2.00 bits per heavy atom. The van der Waals surface area contributed by atoms with Gasteiger partial charge < -0.3 is 15.2 Å². The predicted octanol–water partition coefficient (Wildman–Crippen LogP) is 2.21. The van der Waals surface area contributed by atoms with Gasteiger partial charge in [0, 0.05) is 23.9 Å². The van der Waals surface area contributed by atoms with Gasteiger partial charge in [-0.05, 0) is 18.2 Å². The molecule has 4 heteroatoms. The van der Waals surface area contributed by atoms with Gasteiger partial charge in [-0.3, -0.25) is 0 Å². The Bertz CT molecular complexity index is 703. The highest BCUT2D eigenvalue weighted by molar-refractivity contribution is 5.52. The Morgan fingerprint density at radius 3 is 2.83 bits per heavy atom. The number of pyridine rings is 1. The second kappa shape index (κ2) is 4.07. The van der Waals surface area contributed by atoms with Crippen molar-refractivity contribution < 1.29 is 5.11 Å². The summed E-state index contributed by atoms with van der Waals surface area (Å²) in [5.41, 5.74) is 8.32. The molecule has 0 fully saturated rings. The molecule has 0 aliphatic heterocycles. The maximum atomic E-state index is 9.77. The minimum absolute atomic E-state index is 0.290. The number of phenols is 1. The highest BCUT2D eigenvalue weighted by atomic mass is 16.3. The molecular weight excluding hydrogens is 226 g/mol. The SMILES string of the molecule is Nc1ccc2cnc(Cc3ccccc3O)n2c1. The van der Waals surface area contributed by atoms with Crippen molar-refractivity contribution >= 4 is 11.2 Å². The first-order chi connectivity index (χ1) is 8.74. The lowest BCUT2D eigenvalue weighted by Crippen LogP contribution is -1.98. The summed E-state index contributed by atoms with van der Waals surface area (Å²) in [5, 5.41) is 9.77. The number of imidazole rings is 1. The summed E-state index contributed by atoms with van der Waals surface area (Å²) in [6.45, 7) is 0. The second-order valence-electron chi connectivity index (χ2n) is 4.24. The standard InChI is InChI=1S/C14H13N3O/c15-11-5-6-12-8-16-14(17(12)9-11)7-10-3-1-2-4-13(10)18/h1-6,8-9,18H,7,15H2. The molecule has 0 aliphatic carbocycles. The minimum Gasteiger partial charge on any atom is -0.508 e. The van der Waals surface area contributed by atoms with E-state index >= 15 is 0 Å². The molecule has 3 aromatic rings. The van der Waals surface area contributed by atoms with E-state index in [0.717, 1.165) is 16.9 Å². The van der Waals surface area contributed by atoms with Crippen LogP contribution in [-0.2, 0) is 6.42 Å². The van der Waals surface area contributed by atoms with Gasteiger partial charge in [0.25, 0.3) is 0 Å². The molecule has 0 amide bonds. The average molecular weight is 239 g/mol. The highest BCUT2D eigenvalue weighted by Crippen LogP contribution is 2.20. The zero-order valence-electron chi connectivity index (χ0n) is 9.74. The number of para-hydroxylation sites is 1. The number of anilines is 1. The quantitative estimate of drug-likeness (QED) is 0.720. The smallest absolute Gasteiger partial charge is 0.119 e. The van der Waals surface area contributed by atoms with Crippen LogP contribution < -0.4 is 5.73 Å². The zero-order valence-corrected chi connectivity index (χ0v) is 9.74. The predicted molar refractivity (Wildman–Crippen MR) is 70.5 cm³/mol. The molecule has 0 spiro atoms. The van der Waals surface area contributed by atoms with E-state index in [1.807, 2.05) is 34.9 Å². The van der Waals surface area contributed by atoms with E-state index in [9.17, 15) is 5.11 Å². The first kappa shape index (κ1) is 10.7. The summed E-state index contributed by atoms with van der Waals surface area (Å²) < 4.78 is 1.95. The van der Waals surface area contributed by atoms with E-state index in [1.165, 1.54) is 0 Å². The van der Waals surface area contributed by atoms with Gasteiger partial charge in [-0.2, -0.15) is 0 Å². The van der Waals surface area contributed by atoms with E-state index in [1.54, 1.807) is 18.3 Å². The van der Waals surface area contributed by atoms with Crippen molar-refractivity contribution in [2.75, 3.05) is 5.73 Å². The van der Waals surface area contributed by atoms with Gasteiger partial charge in [0.1, 0.15) is 11.6 Å². The topological polar surface area (TPSA) is 63.5 Å². The summed E-state index contributed by atoms with van der Waals surface area (Å²) in [4.78, 5) is 4.37. The molecular formula is C14H13N3O. The molecule has 0 atom stereocenters. The van der Waals surface area contributed by atoms with Gasteiger partial charge in [-0.25, -0.2) is 4.98 Å². The number of benzene rings is 1. The fraction of sp³-hybridized carbons (Fsp3) is 0.0714. The monoisotopic (exact) mass is 239 g/mol. The summed E-state index contributed by atoms with van der Waals surface area (Å²) in [7, 11) is 0. The number of fused-ring (bicyclic) bond motifs is 1. The third-order valence-corrected chi connectivity index (χ3v) is 2.97. The average Bonchev–Trinajstić information content (AvgIpc) is 2.75. The Hall–Kier alpha value is -2.49. The normalized spacial score (nSPS) is 10.9. The molecule has 3 N–H and O–H groups in total. The molecule has 90 valence electrons. The van der Waals surface area contributed by atoms with Crippen LogP contribution in [0.5, 0.6) is 5.75 Å². The lowest BCUT2D eigenvalue weighted by Gasteiger charge is -2.04. The van der Waals surface area contributed by atoms with E-state index in [-0.39, 0.29) is 5.75 Å². The second-order valence-corrected chi connectivity index (χ2v) is 4.24. The lowest BCUT2D eigenvalue weighted by molar-refractivity contribution is 0.469. The number of nitrogen functional groups attached to an aromatic ring is 1. The van der Waals surface area contributed by atoms with Gasteiger partial charge in [0.15, 0.2) is 0 Å². The molecule has 0 saturated carbocycles. The molecule has 18 heavy (non-hydrogen) atoms. The van der Waals surface area contributed by atoms with Crippen molar-refractivity contribution in [2.24, 2.45) is 0 Å². The molecule has 0 unspecified atom stereocenters. The molecule has 2 aromatic heterocycles. The molecule has 0 aliphatic rings. The summed E-state index contributed by atoms with van der Waals surface area (Å²) in [6.07, 6.45) is 4.22. The molecule has 0 saturated heterocycles. The molecule has 3 rings (SSSR count). The Morgan fingerprint density at radius 1 is 1.17 bits per heavy atom. The van der Waals surface area contributed by atoms with Crippen LogP contribution in [0.3, 0.4) is 0 Å². The van der Waals surface area contributed by atoms with Crippen molar-refractivity contribution in [1.82, 2.24) is 9.38 Å². The first-order valence-corrected chi connectivity index (χ1v) is 5.72. The molecule has 1 aromatic carbocycles. The van der Waals surface area contributed by atoms with Crippen LogP contribution in [0, 0.1) is 0 Å². The molecule has 0 radical (unpaired) electrons. The Labute approximate surface area is 104 Å². The van der Waals surface area contributed by atoms with Gasteiger partial charge in [0.2, 0.25) is 0 Å². The first-order valence-electron chi connectivity index (χ1n) is 5.72. The number of rotatable bonds is 2. The molecule has 2 heterocycles. The highest BCUT2D eigenvalue weighted by Gasteiger charge is 2.07. The van der Waals surface area contributed by atoms with Crippen LogP contribution >= 0.6 is 0 Å². The summed E-state index contributed by atoms with van der Waals surface area (Å²) in [6, 6.07) is 11.1. The van der Waals surface area contributed by atoms with Gasteiger partial charge in [-0.1, -0.05) is 18.2 Å². The number of nitrogens with two attached hydrogens (primary N) is 1. The van der Waals surface area contributed by atoms with E-state index < -0.39 is 0 Å². The van der Waals surface area contributed by atoms with Crippen LogP contribution in [0.2, 0.25) is 0 Å². The van der Waals surface area contributed by atoms with Crippen LogP contribution in [0.4, 0.5) is 5.69 Å². The van der Waals surface area contributed by atoms with Crippen LogP contribution in [0.25, 0.3) is 5.52 Å². The van der Waals surface area contributed by atoms with E-state index in [2.05, 4.69) is 4.98 Å². The zero-order chi connectivity index (χ0) is 12.5. The van der Waals surface area contributed by atoms with Crippen molar-refractivity contribution in [2.45, 2.75) is 6.42 Å². The van der Waals surface area contributed by atoms with Crippen molar-refractivity contribution in [3.05, 3.63) is 60.2 Å². The Kier molecular flexibility index (Phi) is 2.41. The van der Waals surface area contributed by atoms with E-state index in [0.29, 0.717) is 12.1 Å². The third kappa shape index (κ3) is 1.78. The maximum Gasteiger partial charge on any atom is 0.119 e. The van der Waals surface area contributed by atoms with E-state index in [4.69, 9.17) is 5.73 Å². The van der Waals surface area contributed by atoms with Crippen molar-refractivity contribution in [3.63, 3.8) is 0 Å². The molecule has 4 nitrogen and oxygen atoms in total. The van der Waals surface area contributed by atoms with Crippen molar-refractivity contribution in [3.8, 4) is 5.75 Å². The van der Waals surface area contributed by atoms with Crippen LogP contribution in [0.1, 0.15) is 11.4 Å². The lowest BCUT2D eigenvalue weighted by atomic mass is 10.1. The van der Waals surface area contributed by atoms with Gasteiger partial charge in [0.05, 0.1) is 11.7 Å². The molecule has 0 bridgehead atoms. The summed E-state index contributed by atoms with van der Waals surface area (Å²) >= 11 is 0. The third-order valence-electron chi connectivity index (χ3n) is 2.97. The minimum atomic E-state index is 0.290. The Balaban J connectivity index is 2.05. The number of aromatic nitrogens is 2. The number of nitrogens with zero attached hydrogens (tertiary/aromatic N) is 2. The number of hydrogen-bond acceptors (Lipinski definition) is 3. The van der Waals surface area contributed by atoms with Crippen molar-refractivity contribution in [1.29, 1.82) is 0 Å². The van der Waals surface area contributed by atoms with Crippen LogP contribution in [-0.4, -0.2) is 14.5 Å². The van der Waals surface area contributed by atoms with Gasteiger partial charge in [-0.15, -0.1) is 0 Å². The number of hydrogen-bond donors (Lipinski definition) is 2.